The third kappa shape index (κ3) is 4.29. The number of hydrogen-bond donors (Lipinski definition) is 2. The SMILES string of the molecule is Cc1ccc(CNC(=NCC(=O)N(C)C)NC2CC3CCC2C3)s1. The van der Waals surface area contributed by atoms with Crippen LogP contribution in [0.1, 0.15) is 35.4 Å². The van der Waals surface area contributed by atoms with Crippen molar-refractivity contribution in [3.63, 3.8) is 0 Å². The van der Waals surface area contributed by atoms with Gasteiger partial charge >= 0.3 is 0 Å². The van der Waals surface area contributed by atoms with Crippen molar-refractivity contribution in [2.24, 2.45) is 16.8 Å². The first-order chi connectivity index (χ1) is 11.5. The second-order valence-corrected chi connectivity index (χ2v) is 8.62. The summed E-state index contributed by atoms with van der Waals surface area (Å²) < 4.78 is 0. The molecule has 2 aliphatic carbocycles. The number of aliphatic imine (C=N–C) groups is 1. The van der Waals surface area contributed by atoms with Crippen LogP contribution in [-0.4, -0.2) is 43.4 Å². The number of hydrogen-bond acceptors (Lipinski definition) is 3. The number of likely N-dealkylation sites (N-methyl/N-ethyl adjacent to an activating group) is 1. The van der Waals surface area contributed by atoms with E-state index in [0.29, 0.717) is 6.04 Å². The van der Waals surface area contributed by atoms with Crippen molar-refractivity contribution in [2.75, 3.05) is 20.6 Å². The molecule has 2 N–H and O–H groups in total. The zero-order chi connectivity index (χ0) is 17.1. The van der Waals surface area contributed by atoms with E-state index in [1.54, 1.807) is 30.3 Å². The molecule has 0 saturated heterocycles. The Morgan fingerprint density at radius 2 is 2.17 bits per heavy atom. The second-order valence-electron chi connectivity index (χ2n) is 7.24. The largest absolute Gasteiger partial charge is 0.353 e. The van der Waals surface area contributed by atoms with Gasteiger partial charge in [-0.2, -0.15) is 0 Å². The fraction of sp³-hybridized carbons (Fsp3) is 0.667. The van der Waals surface area contributed by atoms with Gasteiger partial charge in [-0.3, -0.25) is 4.79 Å². The van der Waals surface area contributed by atoms with Gasteiger partial charge < -0.3 is 15.5 Å². The summed E-state index contributed by atoms with van der Waals surface area (Å²) >= 11 is 1.79. The van der Waals surface area contributed by atoms with E-state index in [0.717, 1.165) is 24.3 Å². The molecular formula is C18H28N4OS. The van der Waals surface area contributed by atoms with Crippen LogP contribution < -0.4 is 10.6 Å². The van der Waals surface area contributed by atoms with E-state index < -0.39 is 0 Å². The zero-order valence-corrected chi connectivity index (χ0v) is 15.7. The first-order valence-corrected chi connectivity index (χ1v) is 9.63. The highest BCUT2D eigenvalue weighted by molar-refractivity contribution is 7.11. The van der Waals surface area contributed by atoms with Gasteiger partial charge in [-0.25, -0.2) is 4.99 Å². The number of carbonyl (C=O) groups is 1. The highest BCUT2D eigenvalue weighted by Crippen LogP contribution is 2.44. The minimum Gasteiger partial charge on any atom is -0.353 e. The average molecular weight is 349 g/mol. The fourth-order valence-electron chi connectivity index (χ4n) is 3.79. The van der Waals surface area contributed by atoms with E-state index in [1.165, 1.54) is 35.4 Å². The lowest BCUT2D eigenvalue weighted by Gasteiger charge is -2.25. The number of amides is 1. The quantitative estimate of drug-likeness (QED) is 0.634. The molecule has 2 aliphatic rings. The maximum Gasteiger partial charge on any atom is 0.243 e. The van der Waals surface area contributed by atoms with Gasteiger partial charge in [0.1, 0.15) is 6.54 Å². The van der Waals surface area contributed by atoms with E-state index in [-0.39, 0.29) is 12.5 Å². The molecule has 3 unspecified atom stereocenters. The van der Waals surface area contributed by atoms with E-state index in [9.17, 15) is 4.79 Å². The Hall–Kier alpha value is -1.56. The van der Waals surface area contributed by atoms with Crippen molar-refractivity contribution in [1.82, 2.24) is 15.5 Å². The maximum absolute atomic E-state index is 11.9. The molecular weight excluding hydrogens is 320 g/mol. The second kappa shape index (κ2) is 7.55. The van der Waals surface area contributed by atoms with Gasteiger partial charge in [0.25, 0.3) is 0 Å². The van der Waals surface area contributed by atoms with Gasteiger partial charge in [0.05, 0.1) is 6.54 Å². The molecule has 6 heteroatoms. The van der Waals surface area contributed by atoms with Crippen molar-refractivity contribution in [1.29, 1.82) is 0 Å². The van der Waals surface area contributed by atoms with Gasteiger partial charge in [-0.1, -0.05) is 6.42 Å². The number of nitrogens with zero attached hydrogens (tertiary/aromatic N) is 2. The Morgan fingerprint density at radius 1 is 1.33 bits per heavy atom. The van der Waals surface area contributed by atoms with Crippen molar-refractivity contribution in [3.05, 3.63) is 21.9 Å². The maximum atomic E-state index is 11.9. The molecule has 2 fully saturated rings. The molecule has 1 aromatic rings. The smallest absolute Gasteiger partial charge is 0.243 e. The van der Waals surface area contributed by atoms with Crippen LogP contribution in [0.15, 0.2) is 17.1 Å². The third-order valence-electron chi connectivity index (χ3n) is 5.16. The van der Waals surface area contributed by atoms with Crippen molar-refractivity contribution in [3.8, 4) is 0 Å². The fourth-order valence-corrected chi connectivity index (χ4v) is 4.62. The molecule has 2 bridgehead atoms. The van der Waals surface area contributed by atoms with Crippen LogP contribution in [0.25, 0.3) is 0 Å². The number of guanidine groups is 1. The predicted molar refractivity (Wildman–Crippen MR) is 99.3 cm³/mol. The molecule has 3 atom stereocenters. The molecule has 5 nitrogen and oxygen atoms in total. The summed E-state index contributed by atoms with van der Waals surface area (Å²) in [6.45, 7) is 3.06. The summed E-state index contributed by atoms with van der Waals surface area (Å²) in [6.07, 6.45) is 5.31. The molecule has 1 heterocycles. The number of rotatable bonds is 5. The molecule has 0 aliphatic heterocycles. The Kier molecular flexibility index (Phi) is 5.43. The number of fused-ring (bicyclic) bond motifs is 2. The summed E-state index contributed by atoms with van der Waals surface area (Å²) in [5.41, 5.74) is 0. The molecule has 3 rings (SSSR count). The van der Waals surface area contributed by atoms with Gasteiger partial charge in [0, 0.05) is 29.9 Å². The number of carbonyl (C=O) groups excluding carboxylic acids is 1. The van der Waals surface area contributed by atoms with Crippen molar-refractivity contribution in [2.45, 2.75) is 45.2 Å². The lowest BCUT2D eigenvalue weighted by Crippen LogP contribution is -2.45. The van der Waals surface area contributed by atoms with Crippen LogP contribution in [0.2, 0.25) is 0 Å². The Balaban J connectivity index is 1.61. The summed E-state index contributed by atoms with van der Waals surface area (Å²) in [4.78, 5) is 20.6. The van der Waals surface area contributed by atoms with Crippen LogP contribution in [0, 0.1) is 18.8 Å². The molecule has 0 aromatic carbocycles. The highest BCUT2D eigenvalue weighted by Gasteiger charge is 2.39. The predicted octanol–water partition coefficient (Wildman–Crippen LogP) is 2.37. The molecule has 0 radical (unpaired) electrons. The first kappa shape index (κ1) is 17.3. The molecule has 132 valence electrons. The normalized spacial score (nSPS) is 25.8. The Bertz CT molecular complexity index is 610. The Morgan fingerprint density at radius 3 is 2.75 bits per heavy atom. The molecule has 0 spiro atoms. The van der Waals surface area contributed by atoms with Crippen LogP contribution in [0.4, 0.5) is 0 Å². The average Bonchev–Trinajstić information content (AvgIpc) is 3.26. The van der Waals surface area contributed by atoms with Gasteiger partial charge in [-0.15, -0.1) is 11.3 Å². The van der Waals surface area contributed by atoms with Crippen LogP contribution in [0.3, 0.4) is 0 Å². The topological polar surface area (TPSA) is 56.7 Å². The zero-order valence-electron chi connectivity index (χ0n) is 14.8. The van der Waals surface area contributed by atoms with Gasteiger partial charge in [0.2, 0.25) is 5.91 Å². The van der Waals surface area contributed by atoms with Crippen molar-refractivity contribution < 1.29 is 4.79 Å². The molecule has 24 heavy (non-hydrogen) atoms. The summed E-state index contributed by atoms with van der Waals surface area (Å²) in [7, 11) is 3.53. The number of nitrogens with one attached hydrogen (secondary N) is 2. The van der Waals surface area contributed by atoms with E-state index in [4.69, 9.17) is 0 Å². The highest BCUT2D eigenvalue weighted by atomic mass is 32.1. The summed E-state index contributed by atoms with van der Waals surface area (Å²) in [6, 6.07) is 4.79. The van der Waals surface area contributed by atoms with Crippen molar-refractivity contribution >= 4 is 23.2 Å². The lowest BCUT2D eigenvalue weighted by atomic mass is 9.95. The lowest BCUT2D eigenvalue weighted by molar-refractivity contribution is -0.127. The number of aryl methyl sites for hydroxylation is 1. The summed E-state index contributed by atoms with van der Waals surface area (Å²) in [5, 5.41) is 7.00. The van der Waals surface area contributed by atoms with E-state index in [1.807, 2.05) is 0 Å². The molecule has 1 aromatic heterocycles. The minimum atomic E-state index is 0.0241. The Labute approximate surface area is 148 Å². The molecule has 1 amide bonds. The van der Waals surface area contributed by atoms with E-state index in [2.05, 4.69) is 34.7 Å². The first-order valence-electron chi connectivity index (χ1n) is 8.81. The van der Waals surface area contributed by atoms with Crippen LogP contribution in [-0.2, 0) is 11.3 Å². The molecule has 2 saturated carbocycles. The number of thiophene rings is 1. The summed E-state index contributed by atoms with van der Waals surface area (Å²) in [5.74, 6) is 2.46. The minimum absolute atomic E-state index is 0.0241. The van der Waals surface area contributed by atoms with Crippen LogP contribution in [0.5, 0.6) is 0 Å². The van der Waals surface area contributed by atoms with Gasteiger partial charge in [0.15, 0.2) is 5.96 Å². The standard InChI is InChI=1S/C18H28N4OS/c1-12-4-7-15(24-12)10-19-18(20-11-17(23)22(2)3)21-16-9-13-5-6-14(16)8-13/h4,7,13-14,16H,5-6,8-11H2,1-3H3,(H2,19,20,21). The monoisotopic (exact) mass is 348 g/mol. The third-order valence-corrected chi connectivity index (χ3v) is 6.16. The van der Waals surface area contributed by atoms with Gasteiger partial charge in [-0.05, 0) is 50.2 Å². The van der Waals surface area contributed by atoms with Crippen LogP contribution >= 0.6 is 11.3 Å². The van der Waals surface area contributed by atoms with E-state index >= 15 is 0 Å².